The lowest BCUT2D eigenvalue weighted by Crippen LogP contribution is -2.09. The quantitative estimate of drug-likeness (QED) is 0.757. The van der Waals surface area contributed by atoms with Gasteiger partial charge in [0.2, 0.25) is 0 Å². The fraction of sp³-hybridized carbons (Fsp3) is 0. The summed E-state index contributed by atoms with van der Waals surface area (Å²) in [7, 11) is 0. The molecule has 0 aliphatic carbocycles. The molecule has 1 heterocycles. The van der Waals surface area contributed by atoms with E-state index in [2.05, 4.69) is 15.3 Å². The molecule has 0 aliphatic rings. The van der Waals surface area contributed by atoms with Crippen LogP contribution in [0.15, 0.2) is 41.5 Å². The lowest BCUT2D eigenvalue weighted by atomic mass is 10.2. The SMILES string of the molecule is O=Cc1ccccc1Nc1cnc(=O)[nH]c1. The topological polar surface area (TPSA) is 74.8 Å². The Balaban J connectivity index is 2.30. The van der Waals surface area contributed by atoms with E-state index in [-0.39, 0.29) is 0 Å². The van der Waals surface area contributed by atoms with E-state index in [1.807, 2.05) is 6.07 Å². The minimum Gasteiger partial charge on any atom is -0.352 e. The molecule has 0 saturated heterocycles. The Morgan fingerprint density at radius 2 is 2.12 bits per heavy atom. The van der Waals surface area contributed by atoms with Gasteiger partial charge in [-0.3, -0.25) is 4.79 Å². The third-order valence-electron chi connectivity index (χ3n) is 2.04. The molecule has 0 atom stereocenters. The molecule has 80 valence electrons. The van der Waals surface area contributed by atoms with Crippen LogP contribution in [0.25, 0.3) is 0 Å². The van der Waals surface area contributed by atoms with Crippen molar-refractivity contribution < 1.29 is 4.79 Å². The average Bonchev–Trinajstić information content (AvgIpc) is 2.33. The van der Waals surface area contributed by atoms with E-state index in [0.29, 0.717) is 16.9 Å². The molecule has 1 aromatic carbocycles. The number of carbonyl (C=O) groups excluding carboxylic acids is 1. The number of hydrogen-bond donors (Lipinski definition) is 2. The van der Waals surface area contributed by atoms with Gasteiger partial charge in [0.1, 0.15) is 0 Å². The second kappa shape index (κ2) is 4.39. The lowest BCUT2D eigenvalue weighted by molar-refractivity contribution is 0.112. The number of benzene rings is 1. The Kier molecular flexibility index (Phi) is 2.77. The highest BCUT2D eigenvalue weighted by Gasteiger charge is 2.00. The second-order valence-electron chi connectivity index (χ2n) is 3.14. The Labute approximate surface area is 91.2 Å². The van der Waals surface area contributed by atoms with Crippen LogP contribution < -0.4 is 11.0 Å². The van der Waals surface area contributed by atoms with Gasteiger partial charge in [-0.1, -0.05) is 12.1 Å². The molecule has 0 amide bonds. The third kappa shape index (κ3) is 2.14. The van der Waals surface area contributed by atoms with Crippen LogP contribution in [0.3, 0.4) is 0 Å². The fourth-order valence-electron chi connectivity index (χ4n) is 1.28. The summed E-state index contributed by atoms with van der Waals surface area (Å²) in [6.07, 6.45) is 3.67. The van der Waals surface area contributed by atoms with Crippen molar-refractivity contribution in [3.05, 3.63) is 52.7 Å². The maximum Gasteiger partial charge on any atom is 0.345 e. The fourth-order valence-corrected chi connectivity index (χ4v) is 1.28. The van der Waals surface area contributed by atoms with E-state index in [1.54, 1.807) is 18.2 Å². The van der Waals surface area contributed by atoms with Crippen molar-refractivity contribution in [1.29, 1.82) is 0 Å². The predicted molar refractivity (Wildman–Crippen MR) is 60.0 cm³/mol. The number of aldehydes is 1. The standard InChI is InChI=1S/C11H9N3O2/c15-7-8-3-1-2-4-10(8)14-9-5-12-11(16)13-6-9/h1-7,14H,(H,12,13,16). The number of aromatic nitrogens is 2. The highest BCUT2D eigenvalue weighted by Crippen LogP contribution is 2.17. The summed E-state index contributed by atoms with van der Waals surface area (Å²) in [6, 6.07) is 7.07. The van der Waals surface area contributed by atoms with Crippen LogP contribution in [-0.2, 0) is 0 Å². The van der Waals surface area contributed by atoms with Crippen molar-refractivity contribution in [3.63, 3.8) is 0 Å². The molecule has 0 spiro atoms. The number of aromatic amines is 1. The first kappa shape index (κ1) is 10.1. The molecule has 16 heavy (non-hydrogen) atoms. The minimum absolute atomic E-state index is 0.408. The lowest BCUT2D eigenvalue weighted by Gasteiger charge is -2.06. The van der Waals surface area contributed by atoms with Crippen molar-refractivity contribution in [1.82, 2.24) is 9.97 Å². The van der Waals surface area contributed by atoms with E-state index in [9.17, 15) is 9.59 Å². The number of carbonyl (C=O) groups is 1. The Hall–Kier alpha value is -2.43. The minimum atomic E-state index is -0.408. The molecule has 0 bridgehead atoms. The van der Waals surface area contributed by atoms with Crippen LogP contribution in [0.4, 0.5) is 11.4 Å². The van der Waals surface area contributed by atoms with Crippen molar-refractivity contribution in [2.75, 3.05) is 5.32 Å². The highest BCUT2D eigenvalue weighted by atomic mass is 16.1. The summed E-state index contributed by atoms with van der Waals surface area (Å²) in [5, 5.41) is 2.99. The van der Waals surface area contributed by atoms with Gasteiger partial charge in [-0.25, -0.2) is 4.79 Å². The maximum atomic E-state index is 10.8. The van der Waals surface area contributed by atoms with Crippen LogP contribution in [0.1, 0.15) is 10.4 Å². The van der Waals surface area contributed by atoms with Crippen LogP contribution in [0.5, 0.6) is 0 Å². The number of nitrogens with zero attached hydrogens (tertiary/aromatic N) is 1. The van der Waals surface area contributed by atoms with Gasteiger partial charge in [-0.2, -0.15) is 4.98 Å². The second-order valence-corrected chi connectivity index (χ2v) is 3.14. The van der Waals surface area contributed by atoms with Crippen LogP contribution in [0.2, 0.25) is 0 Å². The van der Waals surface area contributed by atoms with Gasteiger partial charge in [0.25, 0.3) is 0 Å². The normalized spacial score (nSPS) is 9.75. The average molecular weight is 215 g/mol. The molecule has 0 aliphatic heterocycles. The molecular formula is C11H9N3O2. The predicted octanol–water partition coefficient (Wildman–Crippen LogP) is 1.33. The third-order valence-corrected chi connectivity index (χ3v) is 2.04. The molecule has 0 fully saturated rings. The van der Waals surface area contributed by atoms with Crippen molar-refractivity contribution in [2.45, 2.75) is 0 Å². The number of anilines is 2. The van der Waals surface area contributed by atoms with E-state index >= 15 is 0 Å². The maximum absolute atomic E-state index is 10.8. The van der Waals surface area contributed by atoms with Gasteiger partial charge in [0, 0.05) is 17.4 Å². The largest absolute Gasteiger partial charge is 0.352 e. The molecule has 1 aromatic heterocycles. The molecular weight excluding hydrogens is 206 g/mol. The van der Waals surface area contributed by atoms with Crippen LogP contribution in [0, 0.1) is 0 Å². The van der Waals surface area contributed by atoms with Crippen molar-refractivity contribution in [2.24, 2.45) is 0 Å². The van der Waals surface area contributed by atoms with Gasteiger partial charge >= 0.3 is 5.69 Å². The summed E-state index contributed by atoms with van der Waals surface area (Å²) in [5.74, 6) is 0. The smallest absolute Gasteiger partial charge is 0.345 e. The van der Waals surface area contributed by atoms with Crippen LogP contribution >= 0.6 is 0 Å². The van der Waals surface area contributed by atoms with Crippen molar-refractivity contribution in [3.8, 4) is 0 Å². The molecule has 2 N–H and O–H groups in total. The van der Waals surface area contributed by atoms with Gasteiger partial charge in [-0.15, -0.1) is 0 Å². The number of rotatable bonds is 3. The molecule has 5 heteroatoms. The molecule has 0 saturated carbocycles. The summed E-state index contributed by atoms with van der Waals surface area (Å²) >= 11 is 0. The highest BCUT2D eigenvalue weighted by molar-refractivity contribution is 5.85. The van der Waals surface area contributed by atoms with Gasteiger partial charge in [-0.05, 0) is 12.1 Å². The van der Waals surface area contributed by atoms with Gasteiger partial charge in [0.15, 0.2) is 6.29 Å². The zero-order valence-electron chi connectivity index (χ0n) is 8.31. The van der Waals surface area contributed by atoms with Crippen LogP contribution in [-0.4, -0.2) is 16.3 Å². The van der Waals surface area contributed by atoms with E-state index in [4.69, 9.17) is 0 Å². The van der Waals surface area contributed by atoms with E-state index in [0.717, 1.165) is 6.29 Å². The first-order valence-corrected chi connectivity index (χ1v) is 4.65. The van der Waals surface area contributed by atoms with E-state index < -0.39 is 5.69 Å². The summed E-state index contributed by atoms with van der Waals surface area (Å²) in [4.78, 5) is 27.5. The summed E-state index contributed by atoms with van der Waals surface area (Å²) in [5.41, 5.74) is 1.43. The zero-order chi connectivity index (χ0) is 11.4. The van der Waals surface area contributed by atoms with Gasteiger partial charge in [0.05, 0.1) is 11.9 Å². The first-order valence-electron chi connectivity index (χ1n) is 4.65. The molecule has 2 aromatic rings. The Bertz CT molecular complexity index is 543. The Morgan fingerprint density at radius 1 is 1.31 bits per heavy atom. The molecule has 5 nitrogen and oxygen atoms in total. The monoisotopic (exact) mass is 215 g/mol. The Morgan fingerprint density at radius 3 is 2.81 bits per heavy atom. The zero-order valence-corrected chi connectivity index (χ0v) is 8.31. The number of nitrogens with one attached hydrogen (secondary N) is 2. The first-order chi connectivity index (χ1) is 7.79. The summed E-state index contributed by atoms with van der Waals surface area (Å²) in [6.45, 7) is 0. The van der Waals surface area contributed by atoms with Crippen molar-refractivity contribution >= 4 is 17.7 Å². The van der Waals surface area contributed by atoms with Gasteiger partial charge < -0.3 is 10.3 Å². The van der Waals surface area contributed by atoms with E-state index in [1.165, 1.54) is 12.4 Å². The molecule has 2 rings (SSSR count). The molecule has 0 radical (unpaired) electrons. The number of hydrogen-bond acceptors (Lipinski definition) is 4. The summed E-state index contributed by atoms with van der Waals surface area (Å²) < 4.78 is 0. The number of para-hydroxylation sites is 1. The molecule has 0 unspecified atom stereocenters. The number of H-pyrrole nitrogens is 1.